The molecule has 0 amide bonds. The molecule has 0 aliphatic carbocycles. The average molecular weight is 303 g/mol. The first kappa shape index (κ1) is 16.1. The zero-order valence-electron chi connectivity index (χ0n) is 13.4. The Bertz CT molecular complexity index is 585. The fourth-order valence-electron chi connectivity index (χ4n) is 2.43. The van der Waals surface area contributed by atoms with Gasteiger partial charge >= 0.3 is 0 Å². The van der Waals surface area contributed by atoms with Gasteiger partial charge in [0, 0.05) is 30.6 Å². The van der Waals surface area contributed by atoms with E-state index in [0.717, 1.165) is 17.9 Å². The normalized spacial score (nSPS) is 12.8. The first-order valence-corrected chi connectivity index (χ1v) is 8.80. The molecule has 1 unspecified atom stereocenters. The highest BCUT2D eigenvalue weighted by molar-refractivity contribution is 7.98. The minimum absolute atomic E-state index is 0.577. The number of hydrogen-bond acceptors (Lipinski definition) is 4. The number of thioether (sulfide) groups is 1. The van der Waals surface area contributed by atoms with Crippen molar-refractivity contribution in [1.29, 1.82) is 0 Å². The SMILES string of the molecule is CNc1nc2ccccc2cc1CN(C)C(C)CCSC. The third-order valence-electron chi connectivity index (χ3n) is 3.95. The molecule has 3 nitrogen and oxygen atoms in total. The summed E-state index contributed by atoms with van der Waals surface area (Å²) >= 11 is 1.91. The Morgan fingerprint density at radius 2 is 2.10 bits per heavy atom. The van der Waals surface area contributed by atoms with Crippen molar-refractivity contribution in [2.45, 2.75) is 25.9 Å². The topological polar surface area (TPSA) is 28.2 Å². The summed E-state index contributed by atoms with van der Waals surface area (Å²) in [7, 11) is 4.14. The van der Waals surface area contributed by atoms with Crippen LogP contribution in [-0.4, -0.2) is 42.0 Å². The van der Waals surface area contributed by atoms with E-state index in [1.807, 2.05) is 24.9 Å². The highest BCUT2D eigenvalue weighted by Gasteiger charge is 2.13. The van der Waals surface area contributed by atoms with Crippen molar-refractivity contribution >= 4 is 28.5 Å². The molecule has 0 aliphatic rings. The molecule has 1 aromatic carbocycles. The molecule has 0 saturated carbocycles. The number of pyridine rings is 1. The quantitative estimate of drug-likeness (QED) is 0.841. The van der Waals surface area contributed by atoms with Crippen molar-refractivity contribution in [2.24, 2.45) is 0 Å². The van der Waals surface area contributed by atoms with Crippen molar-refractivity contribution in [2.75, 3.05) is 31.4 Å². The molecule has 2 rings (SSSR count). The van der Waals surface area contributed by atoms with Crippen molar-refractivity contribution in [3.8, 4) is 0 Å². The summed E-state index contributed by atoms with van der Waals surface area (Å²) in [6.45, 7) is 3.22. The van der Waals surface area contributed by atoms with Crippen LogP contribution in [0.4, 0.5) is 5.82 Å². The highest BCUT2D eigenvalue weighted by atomic mass is 32.2. The molecule has 1 atom stereocenters. The van der Waals surface area contributed by atoms with E-state index >= 15 is 0 Å². The van der Waals surface area contributed by atoms with Gasteiger partial charge in [0.25, 0.3) is 0 Å². The van der Waals surface area contributed by atoms with Crippen molar-refractivity contribution in [1.82, 2.24) is 9.88 Å². The van der Waals surface area contributed by atoms with E-state index in [1.54, 1.807) is 0 Å². The van der Waals surface area contributed by atoms with Crippen LogP contribution in [0.25, 0.3) is 10.9 Å². The minimum atomic E-state index is 0.577. The van der Waals surface area contributed by atoms with Gasteiger partial charge in [0.05, 0.1) is 5.52 Å². The van der Waals surface area contributed by atoms with Gasteiger partial charge in [0.2, 0.25) is 0 Å². The fraction of sp³-hybridized carbons (Fsp3) is 0.471. The summed E-state index contributed by atoms with van der Waals surface area (Å²) in [5.41, 5.74) is 2.30. The van der Waals surface area contributed by atoms with Crippen LogP contribution in [0.15, 0.2) is 30.3 Å². The van der Waals surface area contributed by atoms with Crippen LogP contribution in [0, 0.1) is 0 Å². The highest BCUT2D eigenvalue weighted by Crippen LogP contribution is 2.22. The lowest BCUT2D eigenvalue weighted by atomic mass is 10.1. The summed E-state index contributed by atoms with van der Waals surface area (Å²) in [6, 6.07) is 11.1. The molecular weight excluding hydrogens is 278 g/mol. The van der Waals surface area contributed by atoms with E-state index < -0.39 is 0 Å². The number of fused-ring (bicyclic) bond motifs is 1. The van der Waals surface area contributed by atoms with Gasteiger partial charge in [-0.2, -0.15) is 11.8 Å². The maximum atomic E-state index is 4.73. The molecule has 0 saturated heterocycles. The van der Waals surface area contributed by atoms with Gasteiger partial charge in [-0.3, -0.25) is 4.90 Å². The molecule has 1 heterocycles. The molecule has 1 aromatic heterocycles. The maximum absolute atomic E-state index is 4.73. The molecule has 0 spiro atoms. The second kappa shape index (κ2) is 7.66. The standard InChI is InChI=1S/C17H25N3S/c1-13(9-10-21-4)20(3)12-15-11-14-7-5-6-8-16(14)19-17(15)18-2/h5-8,11,13H,9-10,12H2,1-4H3,(H,18,19). The van der Waals surface area contributed by atoms with Crippen LogP contribution >= 0.6 is 11.8 Å². The number of hydrogen-bond donors (Lipinski definition) is 1. The fourth-order valence-corrected chi connectivity index (χ4v) is 3.01. The van der Waals surface area contributed by atoms with Crippen molar-refractivity contribution in [3.63, 3.8) is 0 Å². The van der Waals surface area contributed by atoms with Crippen LogP contribution in [0.5, 0.6) is 0 Å². The second-order valence-corrected chi connectivity index (χ2v) is 6.47. The lowest BCUT2D eigenvalue weighted by Gasteiger charge is -2.25. The van der Waals surface area contributed by atoms with E-state index in [9.17, 15) is 0 Å². The Morgan fingerprint density at radius 3 is 2.81 bits per heavy atom. The number of aromatic nitrogens is 1. The molecule has 2 aromatic rings. The molecule has 0 aliphatic heterocycles. The number of para-hydroxylation sites is 1. The lowest BCUT2D eigenvalue weighted by molar-refractivity contribution is 0.245. The molecule has 0 radical (unpaired) electrons. The number of nitrogens with one attached hydrogen (secondary N) is 1. The third-order valence-corrected chi connectivity index (χ3v) is 4.60. The maximum Gasteiger partial charge on any atom is 0.130 e. The minimum Gasteiger partial charge on any atom is -0.373 e. The third kappa shape index (κ3) is 4.11. The largest absolute Gasteiger partial charge is 0.373 e. The summed E-state index contributed by atoms with van der Waals surface area (Å²) in [6.07, 6.45) is 3.38. The number of rotatable bonds is 7. The molecular formula is C17H25N3S. The molecule has 21 heavy (non-hydrogen) atoms. The van der Waals surface area contributed by atoms with Crippen LogP contribution < -0.4 is 5.32 Å². The van der Waals surface area contributed by atoms with E-state index in [2.05, 4.69) is 54.7 Å². The molecule has 0 fully saturated rings. The predicted molar refractivity (Wildman–Crippen MR) is 95.2 cm³/mol. The van der Waals surface area contributed by atoms with Crippen LogP contribution in [-0.2, 0) is 6.54 Å². The van der Waals surface area contributed by atoms with E-state index in [4.69, 9.17) is 4.98 Å². The predicted octanol–water partition coefficient (Wildman–Crippen LogP) is 3.85. The average Bonchev–Trinajstić information content (AvgIpc) is 2.51. The summed E-state index contributed by atoms with van der Waals surface area (Å²) in [5, 5.41) is 4.44. The van der Waals surface area contributed by atoms with Gasteiger partial charge in [0.15, 0.2) is 0 Å². The van der Waals surface area contributed by atoms with Crippen LogP contribution in [0.2, 0.25) is 0 Å². The van der Waals surface area contributed by atoms with Crippen LogP contribution in [0.1, 0.15) is 18.9 Å². The first-order chi connectivity index (χ1) is 10.2. The molecule has 114 valence electrons. The zero-order chi connectivity index (χ0) is 15.2. The van der Waals surface area contributed by atoms with Gasteiger partial charge in [0.1, 0.15) is 5.82 Å². The molecule has 4 heteroatoms. The lowest BCUT2D eigenvalue weighted by Crippen LogP contribution is -2.29. The van der Waals surface area contributed by atoms with Crippen molar-refractivity contribution < 1.29 is 0 Å². The van der Waals surface area contributed by atoms with E-state index in [0.29, 0.717) is 6.04 Å². The zero-order valence-corrected chi connectivity index (χ0v) is 14.2. The van der Waals surface area contributed by atoms with Gasteiger partial charge < -0.3 is 5.32 Å². The Morgan fingerprint density at radius 1 is 1.33 bits per heavy atom. The Labute approximate surface area is 132 Å². The molecule has 0 bridgehead atoms. The van der Waals surface area contributed by atoms with Crippen LogP contribution in [0.3, 0.4) is 0 Å². The first-order valence-electron chi connectivity index (χ1n) is 7.41. The van der Waals surface area contributed by atoms with Gasteiger partial charge in [-0.05, 0) is 44.5 Å². The number of nitrogens with zero attached hydrogens (tertiary/aromatic N) is 2. The smallest absolute Gasteiger partial charge is 0.130 e. The van der Waals surface area contributed by atoms with Crippen molar-refractivity contribution in [3.05, 3.63) is 35.9 Å². The van der Waals surface area contributed by atoms with Gasteiger partial charge in [-0.1, -0.05) is 18.2 Å². The van der Waals surface area contributed by atoms with Gasteiger partial charge in [-0.25, -0.2) is 4.98 Å². The number of anilines is 1. The molecule has 1 N–H and O–H groups in total. The summed E-state index contributed by atoms with van der Waals surface area (Å²) in [5.74, 6) is 2.19. The van der Waals surface area contributed by atoms with E-state index in [1.165, 1.54) is 23.1 Å². The Balaban J connectivity index is 2.20. The Kier molecular flexibility index (Phi) is 5.88. The summed E-state index contributed by atoms with van der Waals surface area (Å²) < 4.78 is 0. The van der Waals surface area contributed by atoms with Gasteiger partial charge in [-0.15, -0.1) is 0 Å². The number of benzene rings is 1. The summed E-state index contributed by atoms with van der Waals surface area (Å²) in [4.78, 5) is 7.13. The van der Waals surface area contributed by atoms with E-state index in [-0.39, 0.29) is 0 Å². The monoisotopic (exact) mass is 303 g/mol. The Hall–Kier alpha value is -1.26. The second-order valence-electron chi connectivity index (χ2n) is 5.48.